The fourth-order valence-corrected chi connectivity index (χ4v) is 11.1. The van der Waals surface area contributed by atoms with Gasteiger partial charge in [-0.2, -0.15) is 8.42 Å². The molecule has 1 fully saturated rings. The van der Waals surface area contributed by atoms with E-state index in [9.17, 15) is 33.1 Å². The molecule has 1 aliphatic heterocycles. The number of carbonyl (C=O) groups excluding carboxylic acids is 1. The molecule has 1 rings (SSSR count). The Bertz CT molecular complexity index is 1310. The van der Waals surface area contributed by atoms with Crippen LogP contribution in [0.3, 0.4) is 0 Å². The Morgan fingerprint density at radius 3 is 1.07 bits per heavy atom. The van der Waals surface area contributed by atoms with E-state index in [-0.39, 0.29) is 25.6 Å². The van der Waals surface area contributed by atoms with Gasteiger partial charge in [0.25, 0.3) is 0 Å². The van der Waals surface area contributed by atoms with Gasteiger partial charge in [0.05, 0.1) is 19.8 Å². The summed E-state index contributed by atoms with van der Waals surface area (Å²) in [7, 11) is -5.06. The van der Waals surface area contributed by atoms with E-state index in [1.54, 1.807) is 0 Å². The maximum atomic E-state index is 13.0. The molecule has 0 aliphatic carbocycles. The normalized spacial score (nSPS) is 18.5. The minimum Gasteiger partial charge on any atom is -0.457 e. The first-order chi connectivity index (χ1) is 36.6. The van der Waals surface area contributed by atoms with E-state index in [4.69, 9.17) is 18.9 Å². The predicted molar refractivity (Wildman–Crippen MR) is 308 cm³/mol. The van der Waals surface area contributed by atoms with E-state index in [1.165, 1.54) is 263 Å². The quantitative estimate of drug-likeness (QED) is 0.0258. The number of ether oxygens (including phenoxy) is 4. The molecular weight excluding hydrogens is 969 g/mol. The lowest BCUT2D eigenvalue weighted by Gasteiger charge is -2.41. The number of esters is 1. The Morgan fingerprint density at radius 1 is 0.453 bits per heavy atom. The van der Waals surface area contributed by atoms with Crippen molar-refractivity contribution in [3.05, 3.63) is 0 Å². The first-order valence-electron chi connectivity index (χ1n) is 32.3. The molecule has 0 spiro atoms. The molecule has 0 aromatic carbocycles. The minimum absolute atomic E-state index is 0.0460. The summed E-state index contributed by atoms with van der Waals surface area (Å²) in [5.74, 6) is -0.387. The van der Waals surface area contributed by atoms with Crippen LogP contribution >= 0.6 is 0 Å². The molecular formula is C62H122O12S. The second-order valence-electron chi connectivity index (χ2n) is 22.7. The third kappa shape index (κ3) is 46.5. The molecule has 0 bridgehead atoms. The molecule has 0 radical (unpaired) electrons. The summed E-state index contributed by atoms with van der Waals surface area (Å²) in [4.78, 5) is 13.0. The number of aliphatic hydroxyl groups excluding tert-OH is 3. The Hall–Kier alpha value is -0.900. The van der Waals surface area contributed by atoms with Gasteiger partial charge in [0.2, 0.25) is 0 Å². The van der Waals surface area contributed by atoms with Crippen molar-refractivity contribution in [3.8, 4) is 0 Å². The molecule has 12 nitrogen and oxygen atoms in total. The van der Waals surface area contributed by atoms with Gasteiger partial charge in [-0.05, 0) is 12.8 Å². The minimum atomic E-state index is -5.06. The van der Waals surface area contributed by atoms with Crippen molar-refractivity contribution >= 4 is 16.4 Å². The van der Waals surface area contributed by atoms with Crippen LogP contribution in [0.25, 0.3) is 0 Å². The lowest BCUT2D eigenvalue weighted by atomic mass is 9.99. The van der Waals surface area contributed by atoms with E-state index >= 15 is 0 Å². The van der Waals surface area contributed by atoms with Crippen LogP contribution in [0.2, 0.25) is 0 Å². The molecule has 1 aliphatic rings. The second kappa shape index (κ2) is 53.7. The van der Waals surface area contributed by atoms with Crippen LogP contribution in [0.4, 0.5) is 0 Å². The highest BCUT2D eigenvalue weighted by Crippen LogP contribution is 2.26. The van der Waals surface area contributed by atoms with Crippen molar-refractivity contribution in [2.75, 3.05) is 26.4 Å². The zero-order chi connectivity index (χ0) is 54.6. The Labute approximate surface area is 462 Å². The summed E-state index contributed by atoms with van der Waals surface area (Å²) < 4.78 is 59.6. The number of hydrogen-bond acceptors (Lipinski definition) is 11. The zero-order valence-corrected chi connectivity index (χ0v) is 49.7. The maximum Gasteiger partial charge on any atom is 0.397 e. The van der Waals surface area contributed by atoms with Crippen LogP contribution in [0.5, 0.6) is 0 Å². The third-order valence-electron chi connectivity index (χ3n) is 15.5. The Morgan fingerprint density at radius 2 is 0.760 bits per heavy atom. The van der Waals surface area contributed by atoms with Gasteiger partial charge in [0.1, 0.15) is 30.5 Å². The second-order valence-corrected chi connectivity index (χ2v) is 23.8. The molecule has 0 aromatic heterocycles. The highest BCUT2D eigenvalue weighted by molar-refractivity contribution is 7.80. The molecule has 6 atom stereocenters. The lowest BCUT2D eigenvalue weighted by molar-refractivity contribution is -0.301. The van der Waals surface area contributed by atoms with Gasteiger partial charge in [-0.1, -0.05) is 309 Å². The summed E-state index contributed by atoms with van der Waals surface area (Å²) in [6.07, 6.45) is 54.4. The molecule has 0 saturated carbocycles. The first kappa shape index (κ1) is 72.1. The van der Waals surface area contributed by atoms with E-state index < -0.39 is 53.8 Å². The average Bonchev–Trinajstić information content (AvgIpc) is 3.39. The SMILES string of the molecule is CCCCCCCCCCCCCCCCCCCCCCCCCCCC(=O)OC(COCCCCCCCCCCCCCCCCCCCCCCCCC)COC1OC(CO)C(O)C(OS(=O)(=O)O)C1O. The lowest BCUT2D eigenvalue weighted by Crippen LogP contribution is -2.60. The summed E-state index contributed by atoms with van der Waals surface area (Å²) in [5.41, 5.74) is 0. The average molecular weight is 1090 g/mol. The predicted octanol–water partition coefficient (Wildman–Crippen LogP) is 16.7. The maximum absolute atomic E-state index is 13.0. The van der Waals surface area contributed by atoms with Gasteiger partial charge in [-0.3, -0.25) is 9.35 Å². The van der Waals surface area contributed by atoms with Crippen LogP contribution in [-0.2, 0) is 38.3 Å². The van der Waals surface area contributed by atoms with E-state index in [0.29, 0.717) is 13.0 Å². The molecule has 13 heteroatoms. The van der Waals surface area contributed by atoms with Gasteiger partial charge >= 0.3 is 16.4 Å². The number of hydrogen-bond donors (Lipinski definition) is 4. The molecule has 0 aromatic rings. The van der Waals surface area contributed by atoms with E-state index in [2.05, 4.69) is 18.0 Å². The summed E-state index contributed by atoms with van der Waals surface area (Å²) in [6.45, 7) is 4.10. The van der Waals surface area contributed by atoms with E-state index in [0.717, 1.165) is 38.5 Å². The van der Waals surface area contributed by atoms with Gasteiger partial charge in [-0.15, -0.1) is 0 Å². The summed E-state index contributed by atoms with van der Waals surface area (Å²) in [5, 5.41) is 30.9. The van der Waals surface area contributed by atoms with E-state index in [1.807, 2.05) is 0 Å². The Balaban J connectivity index is 2.22. The summed E-state index contributed by atoms with van der Waals surface area (Å²) in [6, 6.07) is 0. The topological polar surface area (TPSA) is 178 Å². The van der Waals surface area contributed by atoms with Crippen molar-refractivity contribution in [1.82, 2.24) is 0 Å². The zero-order valence-electron chi connectivity index (χ0n) is 48.9. The number of unbranched alkanes of at least 4 members (excludes halogenated alkanes) is 46. The van der Waals surface area contributed by atoms with Crippen LogP contribution in [0.15, 0.2) is 0 Å². The van der Waals surface area contributed by atoms with Gasteiger partial charge in [-0.25, -0.2) is 4.18 Å². The van der Waals surface area contributed by atoms with Crippen LogP contribution < -0.4 is 0 Å². The monoisotopic (exact) mass is 1090 g/mol. The fraction of sp³-hybridized carbons (Fsp3) is 0.984. The van der Waals surface area contributed by atoms with Crippen molar-refractivity contribution in [1.29, 1.82) is 0 Å². The van der Waals surface area contributed by atoms with Gasteiger partial charge < -0.3 is 34.3 Å². The van der Waals surface area contributed by atoms with Gasteiger partial charge in [0, 0.05) is 13.0 Å². The fourth-order valence-electron chi connectivity index (χ4n) is 10.6. The van der Waals surface area contributed by atoms with Crippen LogP contribution in [-0.4, -0.2) is 97.5 Å². The highest BCUT2D eigenvalue weighted by Gasteiger charge is 2.48. The molecule has 1 heterocycles. The Kier molecular flexibility index (Phi) is 51.7. The molecule has 75 heavy (non-hydrogen) atoms. The number of carbonyl (C=O) groups is 1. The molecule has 1 saturated heterocycles. The van der Waals surface area contributed by atoms with Crippen molar-refractivity contribution in [3.63, 3.8) is 0 Å². The molecule has 6 unspecified atom stereocenters. The molecule has 0 amide bonds. The van der Waals surface area contributed by atoms with Crippen molar-refractivity contribution < 1.29 is 56.2 Å². The molecule has 4 N–H and O–H groups in total. The first-order valence-corrected chi connectivity index (χ1v) is 33.7. The van der Waals surface area contributed by atoms with Gasteiger partial charge in [0.15, 0.2) is 6.29 Å². The largest absolute Gasteiger partial charge is 0.457 e. The van der Waals surface area contributed by atoms with Crippen molar-refractivity contribution in [2.45, 2.75) is 365 Å². The third-order valence-corrected chi connectivity index (χ3v) is 15.9. The standard InChI is InChI=1S/C62H122O12S/c1-3-5-7-9-11-13-15-17-19-21-23-25-27-28-29-31-33-35-37-39-41-43-45-47-49-51-58(64)72-56(55-71-62-60(66)61(74-75(67,68)69)59(65)57(53-63)73-62)54-70-52-50-48-46-44-42-40-38-36-34-32-30-26-24-22-20-18-16-14-12-10-8-6-4-2/h56-57,59-63,65-66H,3-55H2,1-2H3,(H,67,68,69). The highest BCUT2D eigenvalue weighted by atomic mass is 32.3. The van der Waals surface area contributed by atoms with Crippen LogP contribution in [0, 0.1) is 0 Å². The molecule has 448 valence electrons. The number of aliphatic hydroxyl groups is 3. The van der Waals surface area contributed by atoms with Crippen LogP contribution in [0.1, 0.15) is 328 Å². The number of rotatable bonds is 59. The smallest absolute Gasteiger partial charge is 0.397 e. The van der Waals surface area contributed by atoms with Crippen molar-refractivity contribution in [2.24, 2.45) is 0 Å². The summed E-state index contributed by atoms with van der Waals surface area (Å²) >= 11 is 0.